The zero-order valence-electron chi connectivity index (χ0n) is 28.1. The summed E-state index contributed by atoms with van der Waals surface area (Å²) in [4.78, 5) is 1.31. The Bertz CT molecular complexity index is 3110. The van der Waals surface area contributed by atoms with Crippen molar-refractivity contribution in [2.24, 2.45) is 0 Å². The lowest BCUT2D eigenvalue weighted by Gasteiger charge is -2.18. The maximum Gasteiger partial charge on any atom is 0.0441 e. The van der Waals surface area contributed by atoms with E-state index in [0.717, 1.165) is 0 Å². The summed E-state index contributed by atoms with van der Waals surface area (Å²) in [5, 5.41) is 11.7. The van der Waals surface area contributed by atoms with Crippen molar-refractivity contribution in [3.8, 4) is 43.8 Å². The Morgan fingerprint density at radius 1 is 0.308 bits per heavy atom. The standard InChI is InChI=1S/C50H30S2/c1-3-16-32(17-4-1)44-36-21-9-11-23-38(36)46(39-24-12-10-22-37(39)44)41-30-43-48(47-40-25-13-14-26-42(40)51-50(41)47)45(33-18-5-2-6-19-33)49(52-43)35-28-27-31-15-7-8-20-34(31)29-35/h1-30H. The van der Waals surface area contributed by atoms with Crippen molar-refractivity contribution in [2.45, 2.75) is 0 Å². The molecule has 0 aliphatic carbocycles. The molecule has 0 radical (unpaired) electrons. The molecule has 11 rings (SSSR count). The van der Waals surface area contributed by atoms with Gasteiger partial charge >= 0.3 is 0 Å². The van der Waals surface area contributed by atoms with Gasteiger partial charge in [0.1, 0.15) is 0 Å². The molecule has 2 heterocycles. The summed E-state index contributed by atoms with van der Waals surface area (Å²) in [5.74, 6) is 0. The van der Waals surface area contributed by atoms with Crippen LogP contribution in [0.5, 0.6) is 0 Å². The fourth-order valence-corrected chi connectivity index (χ4v) is 10.9. The summed E-state index contributed by atoms with van der Waals surface area (Å²) >= 11 is 3.86. The average molecular weight is 695 g/mol. The molecule has 0 aliphatic rings. The van der Waals surface area contributed by atoms with E-state index in [2.05, 4.69) is 182 Å². The maximum absolute atomic E-state index is 2.52. The molecule has 0 aliphatic heterocycles. The number of rotatable bonds is 4. The Labute approximate surface area is 309 Å². The van der Waals surface area contributed by atoms with E-state index in [-0.39, 0.29) is 0 Å². The second-order valence-corrected chi connectivity index (χ2v) is 15.6. The highest BCUT2D eigenvalue weighted by molar-refractivity contribution is 7.27. The predicted molar refractivity (Wildman–Crippen MR) is 229 cm³/mol. The SMILES string of the molecule is c1ccc(-c2c3ccccc3c(-c3cc4sc(-c5ccc6ccccc6c5)c(-c5ccccc5)c4c4c3sc3ccccc34)c3ccccc23)cc1. The van der Waals surface area contributed by atoms with Gasteiger partial charge in [-0.05, 0) is 78.3 Å². The van der Waals surface area contributed by atoms with Crippen LogP contribution in [0, 0.1) is 0 Å². The number of hydrogen-bond donors (Lipinski definition) is 0. The first-order valence-electron chi connectivity index (χ1n) is 17.8. The number of hydrogen-bond acceptors (Lipinski definition) is 2. The van der Waals surface area contributed by atoms with Crippen LogP contribution in [0.4, 0.5) is 0 Å². The average Bonchev–Trinajstić information content (AvgIpc) is 3.79. The van der Waals surface area contributed by atoms with Crippen LogP contribution in [-0.4, -0.2) is 0 Å². The smallest absolute Gasteiger partial charge is 0.0441 e. The number of thiophene rings is 2. The van der Waals surface area contributed by atoms with E-state index in [1.807, 2.05) is 22.7 Å². The van der Waals surface area contributed by atoms with E-state index in [1.165, 1.54) is 106 Å². The van der Waals surface area contributed by atoms with Crippen LogP contribution >= 0.6 is 22.7 Å². The van der Waals surface area contributed by atoms with Gasteiger partial charge in [0, 0.05) is 46.3 Å². The highest BCUT2D eigenvalue weighted by Gasteiger charge is 2.25. The van der Waals surface area contributed by atoms with Crippen LogP contribution in [0.1, 0.15) is 0 Å². The van der Waals surface area contributed by atoms with Crippen LogP contribution in [0.3, 0.4) is 0 Å². The molecule has 0 amide bonds. The first kappa shape index (κ1) is 29.6. The lowest BCUT2D eigenvalue weighted by molar-refractivity contribution is 1.67. The molecule has 0 nitrogen and oxygen atoms in total. The minimum atomic E-state index is 1.25. The van der Waals surface area contributed by atoms with E-state index in [9.17, 15) is 0 Å². The molecule has 242 valence electrons. The topological polar surface area (TPSA) is 0 Å². The van der Waals surface area contributed by atoms with Crippen LogP contribution in [0.15, 0.2) is 182 Å². The molecule has 0 spiro atoms. The van der Waals surface area contributed by atoms with Crippen LogP contribution in [0.2, 0.25) is 0 Å². The third-order valence-corrected chi connectivity index (χ3v) is 13.0. The van der Waals surface area contributed by atoms with Gasteiger partial charge in [0.2, 0.25) is 0 Å². The Kier molecular flexibility index (Phi) is 6.70. The third kappa shape index (κ3) is 4.45. The zero-order valence-corrected chi connectivity index (χ0v) is 29.8. The van der Waals surface area contributed by atoms with Crippen molar-refractivity contribution >= 4 is 85.2 Å². The Balaban J connectivity index is 1.32. The molecule has 2 heteroatoms. The summed E-state index contributed by atoms with van der Waals surface area (Å²) in [6.45, 7) is 0. The molecule has 11 aromatic rings. The Morgan fingerprint density at radius 2 is 0.846 bits per heavy atom. The molecule has 2 aromatic heterocycles. The van der Waals surface area contributed by atoms with E-state index in [4.69, 9.17) is 0 Å². The summed E-state index contributed by atoms with van der Waals surface area (Å²) in [6.07, 6.45) is 0. The first-order chi connectivity index (χ1) is 25.8. The molecule has 9 aromatic carbocycles. The van der Waals surface area contributed by atoms with Crippen molar-refractivity contribution in [3.05, 3.63) is 182 Å². The summed E-state index contributed by atoms with van der Waals surface area (Å²) < 4.78 is 3.98. The van der Waals surface area contributed by atoms with Crippen molar-refractivity contribution in [2.75, 3.05) is 0 Å². The quantitative estimate of drug-likeness (QED) is 0.161. The minimum absolute atomic E-state index is 1.25. The van der Waals surface area contributed by atoms with Gasteiger partial charge in [-0.2, -0.15) is 0 Å². The summed E-state index contributed by atoms with van der Waals surface area (Å²) in [6, 6.07) is 67.2. The van der Waals surface area contributed by atoms with E-state index in [1.54, 1.807) is 0 Å². The fraction of sp³-hybridized carbons (Fsp3) is 0. The molecule has 0 atom stereocenters. The van der Waals surface area contributed by atoms with Gasteiger partial charge in [-0.1, -0.05) is 164 Å². The van der Waals surface area contributed by atoms with Crippen molar-refractivity contribution in [1.29, 1.82) is 0 Å². The monoisotopic (exact) mass is 694 g/mol. The molecule has 0 N–H and O–H groups in total. The van der Waals surface area contributed by atoms with Crippen LogP contribution in [0.25, 0.3) is 106 Å². The maximum atomic E-state index is 2.52. The van der Waals surface area contributed by atoms with Gasteiger partial charge in [-0.15, -0.1) is 22.7 Å². The molecule has 0 saturated heterocycles. The fourth-order valence-electron chi connectivity index (χ4n) is 8.41. The molecule has 0 saturated carbocycles. The third-order valence-electron chi connectivity index (χ3n) is 10.6. The van der Waals surface area contributed by atoms with Gasteiger partial charge in [-0.3, -0.25) is 0 Å². The molecular formula is C50H30S2. The largest absolute Gasteiger partial charge is 0.135 e. The predicted octanol–water partition coefficient (Wildman–Crippen LogP) is 15.4. The van der Waals surface area contributed by atoms with Crippen molar-refractivity contribution in [1.82, 2.24) is 0 Å². The van der Waals surface area contributed by atoms with Crippen LogP contribution in [-0.2, 0) is 0 Å². The Hall–Kier alpha value is -6.06. The first-order valence-corrected chi connectivity index (χ1v) is 19.4. The highest BCUT2D eigenvalue weighted by Crippen LogP contribution is 2.55. The second-order valence-electron chi connectivity index (χ2n) is 13.5. The molecule has 0 bridgehead atoms. The second kappa shape index (κ2) is 11.7. The van der Waals surface area contributed by atoms with Gasteiger partial charge in [0.25, 0.3) is 0 Å². The van der Waals surface area contributed by atoms with E-state index < -0.39 is 0 Å². The zero-order chi connectivity index (χ0) is 34.2. The van der Waals surface area contributed by atoms with Gasteiger partial charge in [0.05, 0.1) is 0 Å². The van der Waals surface area contributed by atoms with Crippen molar-refractivity contribution in [3.63, 3.8) is 0 Å². The van der Waals surface area contributed by atoms with Gasteiger partial charge in [0.15, 0.2) is 0 Å². The highest BCUT2D eigenvalue weighted by atomic mass is 32.1. The number of benzene rings is 9. The van der Waals surface area contributed by atoms with Crippen molar-refractivity contribution < 1.29 is 0 Å². The normalized spacial score (nSPS) is 11.8. The molecule has 0 fully saturated rings. The lowest BCUT2D eigenvalue weighted by atomic mass is 9.85. The Morgan fingerprint density at radius 3 is 1.52 bits per heavy atom. The van der Waals surface area contributed by atoms with E-state index >= 15 is 0 Å². The minimum Gasteiger partial charge on any atom is -0.135 e. The van der Waals surface area contributed by atoms with Gasteiger partial charge in [-0.25, -0.2) is 0 Å². The summed E-state index contributed by atoms with van der Waals surface area (Å²) in [7, 11) is 0. The number of fused-ring (bicyclic) bond motifs is 8. The molecular weight excluding hydrogens is 665 g/mol. The van der Waals surface area contributed by atoms with Crippen LogP contribution < -0.4 is 0 Å². The molecule has 52 heavy (non-hydrogen) atoms. The lowest BCUT2D eigenvalue weighted by Crippen LogP contribution is -1.91. The van der Waals surface area contributed by atoms with E-state index in [0.29, 0.717) is 0 Å². The summed E-state index contributed by atoms with van der Waals surface area (Å²) in [5.41, 5.74) is 9.00. The molecule has 0 unspecified atom stereocenters. The van der Waals surface area contributed by atoms with Gasteiger partial charge < -0.3 is 0 Å².